The van der Waals surface area contributed by atoms with E-state index >= 15 is 0 Å². The molecule has 2 N–H and O–H groups in total. The molecule has 2 heteroatoms. The fourth-order valence-electron chi connectivity index (χ4n) is 5.57. The zero-order valence-electron chi connectivity index (χ0n) is 14.6. The van der Waals surface area contributed by atoms with Crippen molar-refractivity contribution in [1.82, 2.24) is 0 Å². The van der Waals surface area contributed by atoms with E-state index in [1.54, 1.807) is 6.08 Å². The monoisotopic (exact) mass is 294 g/mol. The molecule has 2 fully saturated rings. The SMILES string of the molecule is C=C[C@@](C)(O)C[C@@H]1[C@]2(C)CCCC(C)(C)[C@H]2CC[C@@]1(C)O. The van der Waals surface area contributed by atoms with Gasteiger partial charge in [0, 0.05) is 0 Å². The molecule has 0 radical (unpaired) electrons. The van der Waals surface area contributed by atoms with Crippen molar-refractivity contribution in [3.05, 3.63) is 12.7 Å². The smallest absolute Gasteiger partial charge is 0.0801 e. The molecule has 0 unspecified atom stereocenters. The molecule has 2 nitrogen and oxygen atoms in total. The molecular weight excluding hydrogens is 260 g/mol. The largest absolute Gasteiger partial charge is 0.390 e. The first kappa shape index (κ1) is 17.0. The van der Waals surface area contributed by atoms with Gasteiger partial charge in [0.25, 0.3) is 0 Å². The maximum Gasteiger partial charge on any atom is 0.0801 e. The van der Waals surface area contributed by atoms with Crippen molar-refractivity contribution in [2.75, 3.05) is 0 Å². The highest BCUT2D eigenvalue weighted by Crippen LogP contribution is 2.63. The van der Waals surface area contributed by atoms with Crippen LogP contribution in [-0.2, 0) is 0 Å². The van der Waals surface area contributed by atoms with Gasteiger partial charge >= 0.3 is 0 Å². The van der Waals surface area contributed by atoms with E-state index in [-0.39, 0.29) is 11.3 Å². The van der Waals surface area contributed by atoms with Crippen LogP contribution < -0.4 is 0 Å². The Morgan fingerprint density at radius 3 is 2.38 bits per heavy atom. The quantitative estimate of drug-likeness (QED) is 0.762. The second-order valence-electron chi connectivity index (χ2n) is 9.11. The van der Waals surface area contributed by atoms with Gasteiger partial charge in [-0.15, -0.1) is 6.58 Å². The number of rotatable bonds is 3. The van der Waals surface area contributed by atoms with E-state index in [9.17, 15) is 10.2 Å². The van der Waals surface area contributed by atoms with Crippen LogP contribution in [-0.4, -0.2) is 21.4 Å². The van der Waals surface area contributed by atoms with Crippen molar-refractivity contribution in [1.29, 1.82) is 0 Å². The second-order valence-corrected chi connectivity index (χ2v) is 9.11. The molecule has 0 heterocycles. The molecule has 21 heavy (non-hydrogen) atoms. The standard InChI is InChI=1S/C19H34O2/c1-7-17(4,20)13-15-18(5)11-8-10-16(2,3)14(18)9-12-19(15,6)21/h7,14-15,20-21H,1,8-13H2,2-6H3/t14-,15-,17-,18-,19-/m1/s1. The first-order chi connectivity index (χ1) is 9.45. The fraction of sp³-hybridized carbons (Fsp3) is 0.895. The topological polar surface area (TPSA) is 40.5 Å². The van der Waals surface area contributed by atoms with Gasteiger partial charge in [0.05, 0.1) is 11.2 Å². The minimum absolute atomic E-state index is 0.108. The first-order valence-corrected chi connectivity index (χ1v) is 8.53. The molecule has 2 aliphatic rings. The van der Waals surface area contributed by atoms with Crippen LogP contribution in [0.5, 0.6) is 0 Å². The summed E-state index contributed by atoms with van der Waals surface area (Å²) in [5.74, 6) is 0.751. The van der Waals surface area contributed by atoms with Crippen molar-refractivity contribution < 1.29 is 10.2 Å². The van der Waals surface area contributed by atoms with Gasteiger partial charge in [0.2, 0.25) is 0 Å². The van der Waals surface area contributed by atoms with Gasteiger partial charge in [-0.3, -0.25) is 0 Å². The third-order valence-electron chi connectivity index (χ3n) is 6.82. The molecule has 2 aliphatic carbocycles. The van der Waals surface area contributed by atoms with E-state index < -0.39 is 11.2 Å². The lowest BCUT2D eigenvalue weighted by atomic mass is 9.44. The van der Waals surface area contributed by atoms with E-state index in [2.05, 4.69) is 27.4 Å². The second kappa shape index (κ2) is 5.09. The highest BCUT2D eigenvalue weighted by Gasteiger charge is 2.58. The summed E-state index contributed by atoms with van der Waals surface area (Å²) in [7, 11) is 0. The highest BCUT2D eigenvalue weighted by atomic mass is 16.3. The van der Waals surface area contributed by atoms with Crippen molar-refractivity contribution in [3.63, 3.8) is 0 Å². The van der Waals surface area contributed by atoms with Crippen molar-refractivity contribution in [2.45, 2.75) is 84.3 Å². The van der Waals surface area contributed by atoms with Gasteiger partial charge in [-0.25, -0.2) is 0 Å². The number of aliphatic hydroxyl groups is 2. The Balaban J connectivity index is 2.39. The molecule has 122 valence electrons. The normalized spacial score (nSPS) is 45.5. The molecule has 0 aromatic heterocycles. The van der Waals surface area contributed by atoms with Crippen molar-refractivity contribution in [2.24, 2.45) is 22.7 Å². The van der Waals surface area contributed by atoms with E-state index in [0.29, 0.717) is 17.8 Å². The summed E-state index contributed by atoms with van der Waals surface area (Å²) < 4.78 is 0. The number of fused-ring (bicyclic) bond motifs is 1. The van der Waals surface area contributed by atoms with Crippen LogP contribution in [0.1, 0.15) is 73.1 Å². The molecule has 0 aliphatic heterocycles. The van der Waals surface area contributed by atoms with Gasteiger partial charge in [-0.1, -0.05) is 33.3 Å². The van der Waals surface area contributed by atoms with Crippen LogP contribution in [0.4, 0.5) is 0 Å². The van der Waals surface area contributed by atoms with Gasteiger partial charge in [-0.05, 0) is 68.6 Å². The lowest BCUT2D eigenvalue weighted by Crippen LogP contribution is -2.58. The molecule has 0 aromatic rings. The maximum atomic E-state index is 11.0. The molecule has 5 atom stereocenters. The average Bonchev–Trinajstić information content (AvgIpc) is 2.33. The van der Waals surface area contributed by atoms with Crippen LogP contribution in [0.3, 0.4) is 0 Å². The molecule has 0 bridgehead atoms. The number of hydrogen-bond acceptors (Lipinski definition) is 2. The minimum atomic E-state index is -0.902. The summed E-state index contributed by atoms with van der Waals surface area (Å²) in [6, 6.07) is 0. The van der Waals surface area contributed by atoms with E-state index in [1.807, 2.05) is 13.8 Å². The van der Waals surface area contributed by atoms with E-state index in [0.717, 1.165) is 19.3 Å². The molecule has 2 saturated carbocycles. The lowest BCUT2D eigenvalue weighted by Gasteiger charge is -2.62. The van der Waals surface area contributed by atoms with Crippen molar-refractivity contribution >= 4 is 0 Å². The molecular formula is C19H34O2. The van der Waals surface area contributed by atoms with E-state index in [1.165, 1.54) is 12.8 Å². The molecule has 0 saturated heterocycles. The Labute approximate surface area is 130 Å². The minimum Gasteiger partial charge on any atom is -0.390 e. The zero-order valence-corrected chi connectivity index (χ0v) is 14.6. The van der Waals surface area contributed by atoms with Crippen LogP contribution in [0.15, 0.2) is 12.7 Å². The summed E-state index contributed by atoms with van der Waals surface area (Å²) in [5, 5.41) is 21.5. The zero-order chi connectivity index (χ0) is 16.1. The summed E-state index contributed by atoms with van der Waals surface area (Å²) in [5.41, 5.74) is -1.15. The lowest BCUT2D eigenvalue weighted by molar-refractivity contribution is -0.180. The Kier molecular flexibility index (Phi) is 4.13. The van der Waals surface area contributed by atoms with Crippen molar-refractivity contribution in [3.8, 4) is 0 Å². The van der Waals surface area contributed by atoms with Crippen LogP contribution in [0.25, 0.3) is 0 Å². The van der Waals surface area contributed by atoms with Crippen LogP contribution >= 0.6 is 0 Å². The third-order valence-corrected chi connectivity index (χ3v) is 6.82. The van der Waals surface area contributed by atoms with E-state index in [4.69, 9.17) is 0 Å². The Hall–Kier alpha value is -0.340. The van der Waals surface area contributed by atoms with Crippen LogP contribution in [0, 0.1) is 22.7 Å². The maximum absolute atomic E-state index is 11.0. The fourth-order valence-corrected chi connectivity index (χ4v) is 5.57. The predicted octanol–water partition coefficient (Wildman–Crippen LogP) is 4.31. The molecule has 0 aromatic carbocycles. The Bertz CT molecular complexity index is 408. The predicted molar refractivity (Wildman–Crippen MR) is 88.0 cm³/mol. The van der Waals surface area contributed by atoms with Gasteiger partial charge < -0.3 is 10.2 Å². The third kappa shape index (κ3) is 2.94. The first-order valence-electron chi connectivity index (χ1n) is 8.53. The summed E-state index contributed by atoms with van der Waals surface area (Å²) in [4.78, 5) is 0. The Morgan fingerprint density at radius 2 is 1.81 bits per heavy atom. The van der Waals surface area contributed by atoms with Crippen LogP contribution in [0.2, 0.25) is 0 Å². The van der Waals surface area contributed by atoms with Gasteiger partial charge in [-0.2, -0.15) is 0 Å². The van der Waals surface area contributed by atoms with Gasteiger partial charge in [0.15, 0.2) is 0 Å². The molecule has 0 spiro atoms. The average molecular weight is 294 g/mol. The molecule has 2 rings (SSSR count). The highest BCUT2D eigenvalue weighted by molar-refractivity contribution is 5.10. The summed E-state index contributed by atoms with van der Waals surface area (Å²) >= 11 is 0. The Morgan fingerprint density at radius 1 is 1.19 bits per heavy atom. The van der Waals surface area contributed by atoms with Gasteiger partial charge in [0.1, 0.15) is 0 Å². The molecule has 0 amide bonds. The summed E-state index contributed by atoms with van der Waals surface area (Å²) in [6.45, 7) is 14.7. The summed E-state index contributed by atoms with van der Waals surface area (Å²) in [6.07, 6.45) is 7.84. The number of hydrogen-bond donors (Lipinski definition) is 2.